The fourth-order valence-corrected chi connectivity index (χ4v) is 1.62. The summed E-state index contributed by atoms with van der Waals surface area (Å²) >= 11 is 0. The Morgan fingerprint density at radius 3 is 2.56 bits per heavy atom. The van der Waals surface area contributed by atoms with Crippen LogP contribution >= 0.6 is 0 Å². The SMILES string of the molecule is [CH2-]C(C)CC1CC1CC. The van der Waals surface area contributed by atoms with Crippen molar-refractivity contribution in [3.05, 3.63) is 6.92 Å². The molecule has 0 bridgehead atoms. The predicted octanol–water partition coefficient (Wildman–Crippen LogP) is 2.89. The molecule has 1 rings (SSSR count). The molecule has 0 spiro atoms. The van der Waals surface area contributed by atoms with E-state index in [1.54, 1.807) is 0 Å². The fraction of sp³-hybridized carbons (Fsp3) is 0.889. The first kappa shape index (κ1) is 7.11. The van der Waals surface area contributed by atoms with Crippen LogP contribution in [-0.4, -0.2) is 0 Å². The largest absolute Gasteiger partial charge is 0.341 e. The highest BCUT2D eigenvalue weighted by molar-refractivity contribution is 4.86. The monoisotopic (exact) mass is 125 g/mol. The smallest absolute Gasteiger partial charge is 0.0386 e. The predicted molar refractivity (Wildman–Crippen MR) is 41.0 cm³/mol. The molecule has 0 aromatic rings. The Hall–Kier alpha value is 0. The zero-order chi connectivity index (χ0) is 6.85. The average Bonchev–Trinajstić information content (AvgIpc) is 2.45. The number of hydrogen-bond donors (Lipinski definition) is 0. The highest BCUT2D eigenvalue weighted by atomic mass is 14.4. The summed E-state index contributed by atoms with van der Waals surface area (Å²) in [4.78, 5) is 0. The molecule has 0 aliphatic heterocycles. The van der Waals surface area contributed by atoms with Gasteiger partial charge in [-0.15, -0.1) is 0 Å². The van der Waals surface area contributed by atoms with E-state index in [2.05, 4.69) is 20.8 Å². The molecule has 0 N–H and O–H groups in total. The summed E-state index contributed by atoms with van der Waals surface area (Å²) in [6.45, 7) is 8.49. The maximum Gasteiger partial charge on any atom is -0.0386 e. The molecule has 0 radical (unpaired) electrons. The summed E-state index contributed by atoms with van der Waals surface area (Å²) in [7, 11) is 0. The maximum atomic E-state index is 3.99. The lowest BCUT2D eigenvalue weighted by molar-refractivity contribution is 0.544. The van der Waals surface area contributed by atoms with Gasteiger partial charge in [0.1, 0.15) is 0 Å². The molecule has 0 amide bonds. The van der Waals surface area contributed by atoms with Gasteiger partial charge in [0.15, 0.2) is 0 Å². The molecule has 1 aliphatic carbocycles. The Bertz CT molecular complexity index is 84.0. The molecule has 9 heavy (non-hydrogen) atoms. The van der Waals surface area contributed by atoms with Gasteiger partial charge < -0.3 is 6.92 Å². The van der Waals surface area contributed by atoms with Crippen molar-refractivity contribution in [2.24, 2.45) is 17.8 Å². The van der Waals surface area contributed by atoms with Gasteiger partial charge in [-0.05, 0) is 18.3 Å². The highest BCUT2D eigenvalue weighted by Gasteiger charge is 2.33. The lowest BCUT2D eigenvalue weighted by atomic mass is 10.1. The maximum absolute atomic E-state index is 3.99. The van der Waals surface area contributed by atoms with Gasteiger partial charge in [0, 0.05) is 0 Å². The van der Waals surface area contributed by atoms with Crippen molar-refractivity contribution in [3.8, 4) is 0 Å². The van der Waals surface area contributed by atoms with E-state index in [9.17, 15) is 0 Å². The van der Waals surface area contributed by atoms with E-state index in [1.165, 1.54) is 19.3 Å². The van der Waals surface area contributed by atoms with Gasteiger partial charge >= 0.3 is 0 Å². The summed E-state index contributed by atoms with van der Waals surface area (Å²) in [6.07, 6.45) is 4.23. The molecule has 0 aromatic carbocycles. The van der Waals surface area contributed by atoms with E-state index in [-0.39, 0.29) is 0 Å². The van der Waals surface area contributed by atoms with Gasteiger partial charge in [0.2, 0.25) is 0 Å². The second-order valence-electron chi connectivity index (χ2n) is 3.50. The Morgan fingerprint density at radius 2 is 2.22 bits per heavy atom. The van der Waals surface area contributed by atoms with Gasteiger partial charge in [0.25, 0.3) is 0 Å². The minimum absolute atomic E-state index is 0.673. The van der Waals surface area contributed by atoms with E-state index in [1.807, 2.05) is 0 Å². The van der Waals surface area contributed by atoms with Gasteiger partial charge in [-0.3, -0.25) is 0 Å². The van der Waals surface area contributed by atoms with Crippen molar-refractivity contribution >= 4 is 0 Å². The quantitative estimate of drug-likeness (QED) is 0.509. The van der Waals surface area contributed by atoms with Crippen LogP contribution in [0.3, 0.4) is 0 Å². The Balaban J connectivity index is 2.05. The third-order valence-corrected chi connectivity index (χ3v) is 2.30. The van der Waals surface area contributed by atoms with E-state index < -0.39 is 0 Å². The van der Waals surface area contributed by atoms with Gasteiger partial charge in [0.05, 0.1) is 0 Å². The molecule has 3 atom stereocenters. The van der Waals surface area contributed by atoms with Gasteiger partial charge in [-0.1, -0.05) is 26.7 Å². The van der Waals surface area contributed by atoms with Crippen LogP contribution in [-0.2, 0) is 0 Å². The molecule has 0 nitrogen and oxygen atoms in total. The van der Waals surface area contributed by atoms with Crippen molar-refractivity contribution in [2.45, 2.75) is 33.1 Å². The van der Waals surface area contributed by atoms with Crippen molar-refractivity contribution in [1.82, 2.24) is 0 Å². The van der Waals surface area contributed by atoms with Crippen LogP contribution in [0.1, 0.15) is 33.1 Å². The van der Waals surface area contributed by atoms with Crippen LogP contribution in [0.4, 0.5) is 0 Å². The van der Waals surface area contributed by atoms with E-state index >= 15 is 0 Å². The summed E-state index contributed by atoms with van der Waals surface area (Å²) in [6, 6.07) is 0. The molecule has 0 saturated heterocycles. The number of rotatable bonds is 3. The number of hydrogen-bond acceptors (Lipinski definition) is 0. The zero-order valence-electron chi connectivity index (χ0n) is 6.56. The molecule has 1 saturated carbocycles. The van der Waals surface area contributed by atoms with Crippen LogP contribution < -0.4 is 0 Å². The molecule has 0 heteroatoms. The topological polar surface area (TPSA) is 0 Å². The Kier molecular flexibility index (Phi) is 2.15. The minimum atomic E-state index is 0.673. The molecule has 0 heterocycles. The third-order valence-electron chi connectivity index (χ3n) is 2.30. The summed E-state index contributed by atoms with van der Waals surface area (Å²) < 4.78 is 0. The van der Waals surface area contributed by atoms with Crippen LogP contribution in [0, 0.1) is 24.7 Å². The summed E-state index contributed by atoms with van der Waals surface area (Å²) in [5.74, 6) is 2.78. The summed E-state index contributed by atoms with van der Waals surface area (Å²) in [5, 5.41) is 0. The fourth-order valence-electron chi connectivity index (χ4n) is 1.62. The molecule has 54 valence electrons. The van der Waals surface area contributed by atoms with Gasteiger partial charge in [-0.2, -0.15) is 5.92 Å². The van der Waals surface area contributed by atoms with E-state index in [4.69, 9.17) is 0 Å². The first-order valence-corrected chi connectivity index (χ1v) is 4.07. The molecular weight excluding hydrogens is 108 g/mol. The molecule has 0 aromatic heterocycles. The van der Waals surface area contributed by atoms with Crippen LogP contribution in [0.25, 0.3) is 0 Å². The van der Waals surface area contributed by atoms with Crippen LogP contribution in [0.5, 0.6) is 0 Å². The second kappa shape index (κ2) is 2.72. The zero-order valence-corrected chi connectivity index (χ0v) is 6.56. The van der Waals surface area contributed by atoms with Crippen molar-refractivity contribution in [3.63, 3.8) is 0 Å². The molecular formula is C9H17-. The van der Waals surface area contributed by atoms with Crippen molar-refractivity contribution in [1.29, 1.82) is 0 Å². The Labute approximate surface area is 58.7 Å². The van der Waals surface area contributed by atoms with Crippen LogP contribution in [0.2, 0.25) is 0 Å². The van der Waals surface area contributed by atoms with Crippen molar-refractivity contribution < 1.29 is 0 Å². The van der Waals surface area contributed by atoms with Crippen molar-refractivity contribution in [2.75, 3.05) is 0 Å². The van der Waals surface area contributed by atoms with Crippen LogP contribution in [0.15, 0.2) is 0 Å². The first-order valence-electron chi connectivity index (χ1n) is 4.07. The lowest BCUT2D eigenvalue weighted by Gasteiger charge is -2.08. The normalized spacial score (nSPS) is 36.3. The lowest BCUT2D eigenvalue weighted by Crippen LogP contribution is -1.90. The van der Waals surface area contributed by atoms with Gasteiger partial charge in [-0.25, -0.2) is 0 Å². The van der Waals surface area contributed by atoms with E-state index in [0.717, 1.165) is 11.8 Å². The Morgan fingerprint density at radius 1 is 1.56 bits per heavy atom. The van der Waals surface area contributed by atoms with E-state index in [0.29, 0.717) is 5.92 Å². The first-order chi connectivity index (χ1) is 4.24. The highest BCUT2D eigenvalue weighted by Crippen LogP contribution is 2.44. The molecule has 1 fully saturated rings. The average molecular weight is 125 g/mol. The molecule has 1 aliphatic rings. The third kappa shape index (κ3) is 2.00. The summed E-state index contributed by atoms with van der Waals surface area (Å²) in [5.41, 5.74) is 0. The minimum Gasteiger partial charge on any atom is -0.341 e. The second-order valence-corrected chi connectivity index (χ2v) is 3.50. The standard InChI is InChI=1S/C9H17/c1-4-8-6-9(8)5-7(2)3/h7-9H,2,4-6H2,1,3H3/q-1. The molecule has 3 unspecified atom stereocenters.